The van der Waals surface area contributed by atoms with Crippen molar-refractivity contribution in [2.75, 3.05) is 0 Å². The number of sulfonamides is 1. The van der Waals surface area contributed by atoms with Crippen molar-refractivity contribution in [2.24, 2.45) is 0 Å². The molecule has 5 nitrogen and oxygen atoms in total. The van der Waals surface area contributed by atoms with Crippen LogP contribution in [-0.2, 0) is 23.1 Å². The molecule has 156 valence electrons. The molecule has 0 saturated heterocycles. The summed E-state index contributed by atoms with van der Waals surface area (Å²) >= 11 is 0. The molecule has 1 aromatic heterocycles. The quantitative estimate of drug-likeness (QED) is 0.455. The number of rotatable bonds is 7. The molecule has 0 bridgehead atoms. The molecule has 6 heteroatoms. The lowest BCUT2D eigenvalue weighted by Crippen LogP contribution is -2.30. The van der Waals surface area contributed by atoms with Crippen molar-refractivity contribution in [3.05, 3.63) is 115 Å². The first-order valence-electron chi connectivity index (χ1n) is 9.85. The Bertz CT molecular complexity index is 1240. The van der Waals surface area contributed by atoms with Crippen molar-refractivity contribution in [2.45, 2.75) is 18.0 Å². The fourth-order valence-electron chi connectivity index (χ4n) is 3.38. The van der Waals surface area contributed by atoms with Crippen LogP contribution in [0.25, 0.3) is 11.1 Å². The monoisotopic (exact) mass is 430 g/mol. The maximum absolute atomic E-state index is 13.4. The third kappa shape index (κ3) is 4.99. The summed E-state index contributed by atoms with van der Waals surface area (Å²) in [5.41, 5.74) is 3.68. The summed E-state index contributed by atoms with van der Waals surface area (Å²) in [5, 5.41) is 9.80. The van der Waals surface area contributed by atoms with Gasteiger partial charge in [0.2, 0.25) is 10.0 Å². The van der Waals surface area contributed by atoms with Gasteiger partial charge in [0.25, 0.3) is 0 Å². The van der Waals surface area contributed by atoms with Gasteiger partial charge in [0.1, 0.15) is 5.75 Å². The van der Waals surface area contributed by atoms with Crippen LogP contribution in [0.3, 0.4) is 0 Å². The van der Waals surface area contributed by atoms with E-state index in [1.54, 1.807) is 67.0 Å². The lowest BCUT2D eigenvalue weighted by molar-refractivity contribution is 0.399. The van der Waals surface area contributed by atoms with E-state index >= 15 is 0 Å². The maximum atomic E-state index is 13.4. The molecule has 0 saturated carbocycles. The summed E-state index contributed by atoms with van der Waals surface area (Å²) in [6, 6.07) is 26.8. The average molecular weight is 431 g/mol. The van der Waals surface area contributed by atoms with E-state index in [-0.39, 0.29) is 23.7 Å². The Morgan fingerprint density at radius 3 is 2.03 bits per heavy atom. The van der Waals surface area contributed by atoms with Gasteiger partial charge in [0, 0.05) is 25.5 Å². The number of hydrogen-bond acceptors (Lipinski definition) is 4. The zero-order chi connectivity index (χ0) is 21.7. The molecule has 0 atom stereocenters. The van der Waals surface area contributed by atoms with Crippen LogP contribution in [0.2, 0.25) is 0 Å². The Balaban J connectivity index is 1.64. The van der Waals surface area contributed by atoms with Crippen molar-refractivity contribution in [1.29, 1.82) is 0 Å². The van der Waals surface area contributed by atoms with E-state index in [9.17, 15) is 13.5 Å². The standard InChI is InChI=1S/C25H22N2O3S/c28-24-6-4-5-21(17-24)19-27(31(29,30)25-7-2-1-3-8-25)18-20-9-11-22(12-10-20)23-13-15-26-16-14-23/h1-17,28H,18-19H2. The number of nitrogens with zero attached hydrogens (tertiary/aromatic N) is 2. The second-order valence-electron chi connectivity index (χ2n) is 7.19. The zero-order valence-corrected chi connectivity index (χ0v) is 17.6. The van der Waals surface area contributed by atoms with E-state index in [4.69, 9.17) is 0 Å². The molecule has 3 aromatic carbocycles. The van der Waals surface area contributed by atoms with E-state index in [1.807, 2.05) is 36.4 Å². The summed E-state index contributed by atoms with van der Waals surface area (Å²) in [6.45, 7) is 0.362. The van der Waals surface area contributed by atoms with Gasteiger partial charge in [0.05, 0.1) is 4.90 Å². The van der Waals surface area contributed by atoms with Crippen LogP contribution in [0.1, 0.15) is 11.1 Å². The van der Waals surface area contributed by atoms with Gasteiger partial charge in [-0.05, 0) is 58.7 Å². The molecule has 0 aliphatic heterocycles. The van der Waals surface area contributed by atoms with Crippen molar-refractivity contribution < 1.29 is 13.5 Å². The van der Waals surface area contributed by atoms with Gasteiger partial charge in [-0.25, -0.2) is 8.42 Å². The van der Waals surface area contributed by atoms with Gasteiger partial charge in [-0.15, -0.1) is 0 Å². The highest BCUT2D eigenvalue weighted by atomic mass is 32.2. The Hall–Kier alpha value is -3.48. The van der Waals surface area contributed by atoms with Gasteiger partial charge in [0.15, 0.2) is 0 Å². The number of hydrogen-bond donors (Lipinski definition) is 1. The van der Waals surface area contributed by atoms with Crippen LogP contribution in [0.5, 0.6) is 5.75 Å². The molecule has 0 radical (unpaired) electrons. The molecule has 0 unspecified atom stereocenters. The number of benzene rings is 3. The number of phenols is 1. The van der Waals surface area contributed by atoms with E-state index in [2.05, 4.69) is 4.98 Å². The highest BCUT2D eigenvalue weighted by molar-refractivity contribution is 7.89. The smallest absolute Gasteiger partial charge is 0.243 e. The first kappa shape index (κ1) is 20.8. The predicted octanol–water partition coefficient (Wildman–Crippen LogP) is 4.85. The predicted molar refractivity (Wildman–Crippen MR) is 121 cm³/mol. The van der Waals surface area contributed by atoms with Crippen molar-refractivity contribution in [1.82, 2.24) is 9.29 Å². The molecule has 1 heterocycles. The minimum absolute atomic E-state index is 0.108. The molecule has 0 amide bonds. The highest BCUT2D eigenvalue weighted by Crippen LogP contribution is 2.24. The Morgan fingerprint density at radius 2 is 1.35 bits per heavy atom. The molecule has 0 fully saturated rings. The fraction of sp³-hybridized carbons (Fsp3) is 0.0800. The average Bonchev–Trinajstić information content (AvgIpc) is 2.80. The van der Waals surface area contributed by atoms with Gasteiger partial charge >= 0.3 is 0 Å². The molecule has 0 aliphatic rings. The first-order chi connectivity index (χ1) is 15.0. The maximum Gasteiger partial charge on any atom is 0.243 e. The van der Waals surface area contributed by atoms with E-state index < -0.39 is 10.0 Å². The summed E-state index contributed by atoms with van der Waals surface area (Å²) in [7, 11) is -3.73. The second-order valence-corrected chi connectivity index (χ2v) is 9.13. The first-order valence-corrected chi connectivity index (χ1v) is 11.3. The number of pyridine rings is 1. The van der Waals surface area contributed by atoms with E-state index in [0.29, 0.717) is 5.56 Å². The van der Waals surface area contributed by atoms with E-state index in [1.165, 1.54) is 4.31 Å². The molecule has 4 rings (SSSR count). The molecule has 1 N–H and O–H groups in total. The largest absolute Gasteiger partial charge is 0.508 e. The third-order valence-corrected chi connectivity index (χ3v) is 6.78. The highest BCUT2D eigenvalue weighted by Gasteiger charge is 2.25. The van der Waals surface area contributed by atoms with Gasteiger partial charge in [-0.3, -0.25) is 4.98 Å². The second kappa shape index (κ2) is 9.12. The topological polar surface area (TPSA) is 70.5 Å². The zero-order valence-electron chi connectivity index (χ0n) is 16.8. The summed E-state index contributed by atoms with van der Waals surface area (Å²) in [6.07, 6.45) is 3.49. The molecule has 0 spiro atoms. The Kier molecular flexibility index (Phi) is 6.11. The molecule has 0 aliphatic carbocycles. The van der Waals surface area contributed by atoms with Gasteiger partial charge in [-0.1, -0.05) is 54.6 Å². The summed E-state index contributed by atoms with van der Waals surface area (Å²) < 4.78 is 28.2. The van der Waals surface area contributed by atoms with Crippen molar-refractivity contribution in [3.8, 4) is 16.9 Å². The lowest BCUT2D eigenvalue weighted by atomic mass is 10.1. The van der Waals surface area contributed by atoms with Crippen molar-refractivity contribution >= 4 is 10.0 Å². The number of phenolic OH excluding ortho intramolecular Hbond substituents is 1. The molecule has 4 aromatic rings. The van der Waals surface area contributed by atoms with Crippen molar-refractivity contribution in [3.63, 3.8) is 0 Å². The molecule has 31 heavy (non-hydrogen) atoms. The van der Waals surface area contributed by atoms with Crippen LogP contribution >= 0.6 is 0 Å². The van der Waals surface area contributed by atoms with Crippen LogP contribution in [0.4, 0.5) is 0 Å². The minimum Gasteiger partial charge on any atom is -0.508 e. The van der Waals surface area contributed by atoms with Crippen LogP contribution in [-0.4, -0.2) is 22.8 Å². The SMILES string of the molecule is O=S(=O)(c1ccccc1)N(Cc1ccc(-c2ccncc2)cc1)Cc1cccc(O)c1. The number of aromatic nitrogens is 1. The van der Waals surface area contributed by atoms with E-state index in [0.717, 1.165) is 16.7 Å². The minimum atomic E-state index is -3.73. The van der Waals surface area contributed by atoms with Gasteiger partial charge in [-0.2, -0.15) is 4.31 Å². The molecular formula is C25H22N2O3S. The summed E-state index contributed by atoms with van der Waals surface area (Å²) in [5.74, 6) is 0.108. The van der Waals surface area contributed by atoms with Crippen LogP contribution in [0.15, 0.2) is 108 Å². The fourth-order valence-corrected chi connectivity index (χ4v) is 4.81. The third-order valence-electron chi connectivity index (χ3n) is 4.98. The van der Waals surface area contributed by atoms with Crippen LogP contribution in [0, 0.1) is 0 Å². The van der Waals surface area contributed by atoms with Crippen LogP contribution < -0.4 is 0 Å². The number of aromatic hydroxyl groups is 1. The van der Waals surface area contributed by atoms with Gasteiger partial charge < -0.3 is 5.11 Å². The Labute approximate surface area is 182 Å². The molecular weight excluding hydrogens is 408 g/mol. The Morgan fingerprint density at radius 1 is 0.710 bits per heavy atom. The summed E-state index contributed by atoms with van der Waals surface area (Å²) in [4.78, 5) is 4.28. The normalized spacial score (nSPS) is 11.5. The lowest BCUT2D eigenvalue weighted by Gasteiger charge is -2.23.